The third-order valence-corrected chi connectivity index (χ3v) is 4.84. The van der Waals surface area contributed by atoms with Crippen LogP contribution in [0.1, 0.15) is 35.5 Å². The number of rotatable bonds is 4. The maximum absolute atomic E-state index is 5.55. The molecule has 2 aromatic heterocycles. The molecule has 0 saturated heterocycles. The lowest BCUT2D eigenvalue weighted by molar-refractivity contribution is 0.613. The van der Waals surface area contributed by atoms with Crippen molar-refractivity contribution in [3.8, 4) is 11.3 Å². The molecule has 1 N–H and O–H groups in total. The Kier molecular flexibility index (Phi) is 4.40. The van der Waals surface area contributed by atoms with Crippen LogP contribution in [0, 0.1) is 20.8 Å². The highest BCUT2D eigenvalue weighted by Crippen LogP contribution is 2.28. The average molecular weight is 357 g/mol. The van der Waals surface area contributed by atoms with Crippen molar-refractivity contribution < 1.29 is 4.42 Å². The number of furan rings is 1. The molecule has 0 aliphatic rings. The van der Waals surface area contributed by atoms with Crippen LogP contribution >= 0.6 is 0 Å². The minimum Gasteiger partial charge on any atom is -0.464 e. The fourth-order valence-electron chi connectivity index (χ4n) is 3.27. The van der Waals surface area contributed by atoms with Crippen molar-refractivity contribution in [1.82, 2.24) is 9.97 Å². The van der Waals surface area contributed by atoms with Crippen molar-refractivity contribution in [1.29, 1.82) is 0 Å². The summed E-state index contributed by atoms with van der Waals surface area (Å²) in [6.45, 7) is 8.22. The summed E-state index contributed by atoms with van der Waals surface area (Å²) in [4.78, 5) is 9.21. The summed E-state index contributed by atoms with van der Waals surface area (Å²) in [5, 5.41) is 4.62. The number of hydrogen-bond donors (Lipinski definition) is 1. The molecule has 0 unspecified atom stereocenters. The Labute approximate surface area is 159 Å². The molecule has 0 radical (unpaired) electrons. The van der Waals surface area contributed by atoms with Crippen LogP contribution in [0.5, 0.6) is 0 Å². The Bertz CT molecular complexity index is 1100. The van der Waals surface area contributed by atoms with Gasteiger partial charge in [0.05, 0.1) is 12.0 Å². The number of benzene rings is 2. The van der Waals surface area contributed by atoms with Crippen LogP contribution in [0.2, 0.25) is 0 Å². The summed E-state index contributed by atoms with van der Waals surface area (Å²) in [7, 11) is 0. The number of nitrogens with one attached hydrogen (secondary N) is 1. The lowest BCUT2D eigenvalue weighted by atomic mass is 10.1. The Balaban J connectivity index is 1.66. The van der Waals surface area contributed by atoms with Crippen molar-refractivity contribution in [2.75, 3.05) is 5.32 Å². The molecule has 0 saturated carbocycles. The Hall–Kier alpha value is -3.14. The first-order valence-corrected chi connectivity index (χ1v) is 9.16. The number of nitrogens with zero attached hydrogens (tertiary/aromatic N) is 2. The first-order chi connectivity index (χ1) is 13.0. The second kappa shape index (κ2) is 6.88. The van der Waals surface area contributed by atoms with E-state index in [0.29, 0.717) is 0 Å². The van der Waals surface area contributed by atoms with E-state index in [4.69, 9.17) is 4.42 Å². The van der Waals surface area contributed by atoms with Gasteiger partial charge in [0, 0.05) is 23.1 Å². The molecule has 2 aromatic carbocycles. The Morgan fingerprint density at radius 1 is 0.926 bits per heavy atom. The zero-order valence-electron chi connectivity index (χ0n) is 16.1. The van der Waals surface area contributed by atoms with Crippen molar-refractivity contribution in [3.05, 3.63) is 77.3 Å². The molecule has 4 nitrogen and oxygen atoms in total. The van der Waals surface area contributed by atoms with Gasteiger partial charge >= 0.3 is 0 Å². The summed E-state index contributed by atoms with van der Waals surface area (Å²) >= 11 is 0. The molecule has 0 bridgehead atoms. The first-order valence-electron chi connectivity index (χ1n) is 9.16. The highest BCUT2D eigenvalue weighted by atomic mass is 16.3. The van der Waals surface area contributed by atoms with E-state index in [-0.39, 0.29) is 6.04 Å². The molecule has 1 atom stereocenters. The molecule has 136 valence electrons. The van der Waals surface area contributed by atoms with Gasteiger partial charge in [-0.05, 0) is 57.0 Å². The van der Waals surface area contributed by atoms with Crippen molar-refractivity contribution in [3.63, 3.8) is 0 Å². The van der Waals surface area contributed by atoms with E-state index >= 15 is 0 Å². The van der Waals surface area contributed by atoms with Gasteiger partial charge in [0.1, 0.15) is 17.2 Å². The van der Waals surface area contributed by atoms with Crippen LogP contribution in [-0.4, -0.2) is 9.97 Å². The van der Waals surface area contributed by atoms with Crippen LogP contribution in [0.15, 0.2) is 59.2 Å². The van der Waals surface area contributed by atoms with Gasteiger partial charge in [-0.1, -0.05) is 29.8 Å². The predicted molar refractivity (Wildman–Crippen MR) is 110 cm³/mol. The van der Waals surface area contributed by atoms with E-state index in [1.807, 2.05) is 25.1 Å². The third-order valence-electron chi connectivity index (χ3n) is 4.84. The second-order valence-corrected chi connectivity index (χ2v) is 7.09. The number of aryl methyl sites for hydroxylation is 3. The Morgan fingerprint density at radius 2 is 1.70 bits per heavy atom. The summed E-state index contributed by atoms with van der Waals surface area (Å²) in [5.74, 6) is 1.57. The van der Waals surface area contributed by atoms with Gasteiger partial charge in [-0.2, -0.15) is 0 Å². The fraction of sp³-hybridized carbons (Fsp3) is 0.217. The maximum Gasteiger partial charge on any atom is 0.134 e. The SMILES string of the molecule is Cc1ccc([C@H](C)Nc2cc(-c3ccc4occ(C)c4c3)nc(C)n2)cc1. The van der Waals surface area contributed by atoms with E-state index in [1.165, 1.54) is 11.1 Å². The number of anilines is 1. The lowest BCUT2D eigenvalue weighted by Gasteiger charge is -2.16. The molecular weight excluding hydrogens is 334 g/mol. The monoisotopic (exact) mass is 357 g/mol. The second-order valence-electron chi connectivity index (χ2n) is 7.09. The highest BCUT2D eigenvalue weighted by Gasteiger charge is 2.11. The van der Waals surface area contributed by atoms with Gasteiger partial charge in [-0.25, -0.2) is 9.97 Å². The minimum atomic E-state index is 0.159. The molecule has 27 heavy (non-hydrogen) atoms. The largest absolute Gasteiger partial charge is 0.464 e. The molecule has 2 heterocycles. The summed E-state index contributed by atoms with van der Waals surface area (Å²) < 4.78 is 5.55. The van der Waals surface area contributed by atoms with E-state index in [9.17, 15) is 0 Å². The van der Waals surface area contributed by atoms with E-state index in [2.05, 4.69) is 66.4 Å². The summed E-state index contributed by atoms with van der Waals surface area (Å²) in [5.41, 5.74) is 6.48. The molecule has 0 aliphatic heterocycles. The molecule has 4 rings (SSSR count). The van der Waals surface area contributed by atoms with Gasteiger partial charge < -0.3 is 9.73 Å². The predicted octanol–water partition coefficient (Wildman–Crippen LogP) is 5.99. The van der Waals surface area contributed by atoms with Crippen molar-refractivity contribution >= 4 is 16.8 Å². The molecular formula is C23H23N3O. The van der Waals surface area contributed by atoms with Crippen molar-refractivity contribution in [2.45, 2.75) is 33.7 Å². The summed E-state index contributed by atoms with van der Waals surface area (Å²) in [6, 6.07) is 16.9. The lowest BCUT2D eigenvalue weighted by Crippen LogP contribution is -2.09. The number of fused-ring (bicyclic) bond motifs is 1. The van der Waals surface area contributed by atoms with Crippen LogP contribution in [0.3, 0.4) is 0 Å². The average Bonchev–Trinajstić information content (AvgIpc) is 3.02. The fourth-order valence-corrected chi connectivity index (χ4v) is 3.27. The number of aromatic nitrogens is 2. The van der Waals surface area contributed by atoms with Crippen LogP contribution in [0.25, 0.3) is 22.2 Å². The zero-order chi connectivity index (χ0) is 19.0. The van der Waals surface area contributed by atoms with Gasteiger partial charge in [-0.3, -0.25) is 0 Å². The Morgan fingerprint density at radius 3 is 2.48 bits per heavy atom. The van der Waals surface area contributed by atoms with Crippen LogP contribution in [0.4, 0.5) is 5.82 Å². The van der Waals surface area contributed by atoms with E-state index < -0.39 is 0 Å². The van der Waals surface area contributed by atoms with Gasteiger partial charge in [-0.15, -0.1) is 0 Å². The van der Waals surface area contributed by atoms with Gasteiger partial charge in [0.15, 0.2) is 0 Å². The quantitative estimate of drug-likeness (QED) is 0.487. The van der Waals surface area contributed by atoms with Crippen LogP contribution < -0.4 is 5.32 Å². The normalized spacial score (nSPS) is 12.3. The van der Waals surface area contributed by atoms with E-state index in [1.54, 1.807) is 6.26 Å². The van der Waals surface area contributed by atoms with E-state index in [0.717, 1.165) is 39.4 Å². The summed E-state index contributed by atoms with van der Waals surface area (Å²) in [6.07, 6.45) is 1.79. The van der Waals surface area contributed by atoms with Crippen LogP contribution in [-0.2, 0) is 0 Å². The van der Waals surface area contributed by atoms with Gasteiger partial charge in [0.25, 0.3) is 0 Å². The molecule has 0 spiro atoms. The molecule has 4 aromatic rings. The first kappa shape index (κ1) is 17.3. The molecule has 0 aliphatic carbocycles. The topological polar surface area (TPSA) is 51.0 Å². The van der Waals surface area contributed by atoms with Gasteiger partial charge in [0.2, 0.25) is 0 Å². The minimum absolute atomic E-state index is 0.159. The molecule has 0 fully saturated rings. The van der Waals surface area contributed by atoms with Crippen molar-refractivity contribution in [2.24, 2.45) is 0 Å². The maximum atomic E-state index is 5.55. The smallest absolute Gasteiger partial charge is 0.134 e. The highest BCUT2D eigenvalue weighted by molar-refractivity contribution is 5.85. The third kappa shape index (κ3) is 3.56. The number of hydrogen-bond acceptors (Lipinski definition) is 4. The molecule has 0 amide bonds. The zero-order valence-corrected chi connectivity index (χ0v) is 16.1. The molecule has 4 heteroatoms. The standard InChI is InChI=1S/C23H23N3O/c1-14-5-7-18(8-6-14)16(3)24-23-12-21(25-17(4)26-23)19-9-10-22-20(11-19)15(2)13-27-22/h5-13,16H,1-4H3,(H,24,25,26)/t16-/m0/s1.